The molecule has 0 aliphatic rings. The summed E-state index contributed by atoms with van der Waals surface area (Å²) in [7, 11) is 0. The number of halogens is 1. The molecular formula is C21H17FN2O3. The highest BCUT2D eigenvalue weighted by atomic mass is 19.1. The Labute approximate surface area is 155 Å². The van der Waals surface area contributed by atoms with Gasteiger partial charge in [0.1, 0.15) is 5.82 Å². The smallest absolute Gasteiger partial charge is 0.337 e. The van der Waals surface area contributed by atoms with E-state index in [1.165, 1.54) is 37.3 Å². The van der Waals surface area contributed by atoms with Gasteiger partial charge < -0.3 is 15.7 Å². The van der Waals surface area contributed by atoms with E-state index in [4.69, 9.17) is 0 Å². The molecule has 27 heavy (non-hydrogen) atoms. The molecule has 0 atom stereocenters. The molecule has 0 radical (unpaired) electrons. The lowest BCUT2D eigenvalue weighted by Crippen LogP contribution is -2.05. The molecule has 3 rings (SSSR count). The van der Waals surface area contributed by atoms with E-state index < -0.39 is 5.97 Å². The molecule has 0 saturated heterocycles. The molecule has 3 aromatic rings. The number of nitrogens with one attached hydrogen (secondary N) is 2. The Kier molecular flexibility index (Phi) is 5.17. The normalized spacial score (nSPS) is 10.3. The molecule has 3 N–H and O–H groups in total. The summed E-state index contributed by atoms with van der Waals surface area (Å²) in [4.78, 5) is 22.8. The maximum atomic E-state index is 13.1. The van der Waals surface area contributed by atoms with E-state index in [9.17, 15) is 19.1 Å². The van der Waals surface area contributed by atoms with Crippen LogP contribution in [0, 0.1) is 5.82 Å². The van der Waals surface area contributed by atoms with Gasteiger partial charge in [-0.15, -0.1) is 0 Å². The summed E-state index contributed by atoms with van der Waals surface area (Å²) in [5, 5.41) is 15.2. The molecule has 0 aromatic heterocycles. The van der Waals surface area contributed by atoms with Crippen molar-refractivity contribution >= 4 is 28.9 Å². The van der Waals surface area contributed by atoms with Crippen molar-refractivity contribution in [2.75, 3.05) is 10.6 Å². The standard InChI is InChI=1S/C21H17FN2O3/c1-13(25)23-18-4-2-3-14(11-18)15-5-10-19(21(26)27)20(12-15)24-17-8-6-16(22)7-9-17/h2-12,24H,1H3,(H,23,25)(H,26,27). The van der Waals surface area contributed by atoms with Crippen LogP contribution in [0.25, 0.3) is 11.1 Å². The lowest BCUT2D eigenvalue weighted by molar-refractivity contribution is -0.114. The summed E-state index contributed by atoms with van der Waals surface area (Å²) in [6, 6.07) is 17.8. The predicted molar refractivity (Wildman–Crippen MR) is 103 cm³/mol. The van der Waals surface area contributed by atoms with Gasteiger partial charge in [0, 0.05) is 18.3 Å². The minimum absolute atomic E-state index is 0.0982. The molecule has 0 heterocycles. The van der Waals surface area contributed by atoms with Crippen LogP contribution in [0.4, 0.5) is 21.5 Å². The Bertz CT molecular complexity index is 1000. The van der Waals surface area contributed by atoms with Gasteiger partial charge in [-0.05, 0) is 59.7 Å². The van der Waals surface area contributed by atoms with Crippen molar-refractivity contribution in [3.63, 3.8) is 0 Å². The lowest BCUT2D eigenvalue weighted by atomic mass is 10.0. The van der Waals surface area contributed by atoms with Gasteiger partial charge >= 0.3 is 5.97 Å². The van der Waals surface area contributed by atoms with E-state index in [0.717, 1.165) is 11.1 Å². The largest absolute Gasteiger partial charge is 0.478 e. The maximum Gasteiger partial charge on any atom is 0.337 e. The number of carbonyl (C=O) groups is 2. The first kappa shape index (κ1) is 18.1. The molecule has 5 nitrogen and oxygen atoms in total. The Morgan fingerprint density at radius 1 is 0.889 bits per heavy atom. The number of aromatic carboxylic acids is 1. The van der Waals surface area contributed by atoms with Crippen LogP contribution in [-0.4, -0.2) is 17.0 Å². The SMILES string of the molecule is CC(=O)Nc1cccc(-c2ccc(C(=O)O)c(Nc3ccc(F)cc3)c2)c1. The lowest BCUT2D eigenvalue weighted by Gasteiger charge is -2.13. The number of amides is 1. The van der Waals surface area contributed by atoms with Crippen LogP contribution in [0.5, 0.6) is 0 Å². The van der Waals surface area contributed by atoms with E-state index in [1.54, 1.807) is 30.3 Å². The van der Waals surface area contributed by atoms with Gasteiger partial charge in [-0.3, -0.25) is 4.79 Å². The highest BCUT2D eigenvalue weighted by Gasteiger charge is 2.12. The van der Waals surface area contributed by atoms with E-state index in [2.05, 4.69) is 10.6 Å². The third kappa shape index (κ3) is 4.49. The van der Waals surface area contributed by atoms with Gasteiger partial charge in [-0.1, -0.05) is 18.2 Å². The van der Waals surface area contributed by atoms with Crippen molar-refractivity contribution < 1.29 is 19.1 Å². The van der Waals surface area contributed by atoms with Crippen molar-refractivity contribution in [2.24, 2.45) is 0 Å². The monoisotopic (exact) mass is 364 g/mol. The van der Waals surface area contributed by atoms with Crippen LogP contribution >= 0.6 is 0 Å². The summed E-state index contributed by atoms with van der Waals surface area (Å²) < 4.78 is 13.1. The molecule has 0 unspecified atom stereocenters. The zero-order valence-corrected chi connectivity index (χ0v) is 14.5. The number of benzene rings is 3. The van der Waals surface area contributed by atoms with E-state index in [0.29, 0.717) is 17.1 Å². The molecule has 0 aliphatic heterocycles. The van der Waals surface area contributed by atoms with Crippen LogP contribution in [0.15, 0.2) is 66.7 Å². The first-order valence-electron chi connectivity index (χ1n) is 8.20. The number of carboxylic acids is 1. The van der Waals surface area contributed by atoms with E-state index in [1.807, 2.05) is 6.07 Å². The van der Waals surface area contributed by atoms with Crippen LogP contribution in [0.2, 0.25) is 0 Å². The van der Waals surface area contributed by atoms with Crippen LogP contribution in [0.1, 0.15) is 17.3 Å². The Morgan fingerprint density at radius 2 is 1.59 bits per heavy atom. The molecule has 0 bridgehead atoms. The fourth-order valence-electron chi connectivity index (χ4n) is 2.68. The average Bonchev–Trinajstić information content (AvgIpc) is 2.63. The van der Waals surface area contributed by atoms with Crippen molar-refractivity contribution in [1.29, 1.82) is 0 Å². The van der Waals surface area contributed by atoms with Gasteiger partial charge in [0.25, 0.3) is 0 Å². The quantitative estimate of drug-likeness (QED) is 0.602. The molecule has 1 amide bonds. The zero-order valence-electron chi connectivity index (χ0n) is 14.5. The van der Waals surface area contributed by atoms with Crippen LogP contribution < -0.4 is 10.6 Å². The maximum absolute atomic E-state index is 13.1. The molecule has 0 spiro atoms. The second-order valence-corrected chi connectivity index (χ2v) is 5.96. The molecule has 0 aliphatic carbocycles. The molecule has 136 valence electrons. The van der Waals surface area contributed by atoms with Crippen molar-refractivity contribution in [3.8, 4) is 11.1 Å². The average molecular weight is 364 g/mol. The summed E-state index contributed by atoms with van der Waals surface area (Å²) in [5.74, 6) is -1.62. The third-order valence-electron chi connectivity index (χ3n) is 3.89. The summed E-state index contributed by atoms with van der Waals surface area (Å²) in [5.41, 5.74) is 3.30. The molecule has 0 fully saturated rings. The summed E-state index contributed by atoms with van der Waals surface area (Å²) >= 11 is 0. The molecule has 6 heteroatoms. The van der Waals surface area contributed by atoms with Crippen molar-refractivity contribution in [2.45, 2.75) is 6.92 Å². The fourth-order valence-corrected chi connectivity index (χ4v) is 2.68. The zero-order chi connectivity index (χ0) is 19.4. The van der Waals surface area contributed by atoms with Gasteiger partial charge in [0.05, 0.1) is 11.3 Å². The van der Waals surface area contributed by atoms with Crippen molar-refractivity contribution in [3.05, 3.63) is 78.1 Å². The molecule has 3 aromatic carbocycles. The predicted octanol–water partition coefficient (Wildman–Crippen LogP) is 4.89. The van der Waals surface area contributed by atoms with Gasteiger partial charge in [-0.2, -0.15) is 0 Å². The van der Waals surface area contributed by atoms with E-state index >= 15 is 0 Å². The van der Waals surface area contributed by atoms with Crippen molar-refractivity contribution in [1.82, 2.24) is 0 Å². The molecule has 0 saturated carbocycles. The Morgan fingerprint density at radius 3 is 2.26 bits per heavy atom. The first-order chi connectivity index (χ1) is 12.9. The number of hydrogen-bond donors (Lipinski definition) is 3. The number of anilines is 3. The second-order valence-electron chi connectivity index (χ2n) is 5.96. The summed E-state index contributed by atoms with van der Waals surface area (Å²) in [6.45, 7) is 1.43. The number of carboxylic acid groups (broad SMARTS) is 1. The fraction of sp³-hybridized carbons (Fsp3) is 0.0476. The van der Waals surface area contributed by atoms with Crippen LogP contribution in [0.3, 0.4) is 0 Å². The van der Waals surface area contributed by atoms with Gasteiger partial charge in [0.15, 0.2) is 0 Å². The Balaban J connectivity index is 1.99. The summed E-state index contributed by atoms with van der Waals surface area (Å²) in [6.07, 6.45) is 0. The number of rotatable bonds is 5. The van der Waals surface area contributed by atoms with E-state index in [-0.39, 0.29) is 17.3 Å². The topological polar surface area (TPSA) is 78.4 Å². The second kappa shape index (κ2) is 7.70. The minimum atomic E-state index is -1.07. The number of hydrogen-bond acceptors (Lipinski definition) is 3. The van der Waals surface area contributed by atoms with Gasteiger partial charge in [0.2, 0.25) is 5.91 Å². The Hall–Kier alpha value is -3.67. The highest BCUT2D eigenvalue weighted by molar-refractivity contribution is 5.96. The van der Waals surface area contributed by atoms with Crippen LogP contribution in [-0.2, 0) is 4.79 Å². The third-order valence-corrected chi connectivity index (χ3v) is 3.89. The highest BCUT2D eigenvalue weighted by Crippen LogP contribution is 2.29. The molecular weight excluding hydrogens is 347 g/mol. The first-order valence-corrected chi connectivity index (χ1v) is 8.20. The number of carbonyl (C=O) groups excluding carboxylic acids is 1. The van der Waals surface area contributed by atoms with Gasteiger partial charge in [-0.25, -0.2) is 9.18 Å². The minimum Gasteiger partial charge on any atom is -0.478 e.